The summed E-state index contributed by atoms with van der Waals surface area (Å²) < 4.78 is 11.8. The van der Waals surface area contributed by atoms with E-state index in [0.717, 1.165) is 25.7 Å². The lowest BCUT2D eigenvalue weighted by atomic mass is 10.0. The molecule has 3 rings (SSSR count). The number of carbonyl (C=O) groups excluding carboxylic acids is 3. The summed E-state index contributed by atoms with van der Waals surface area (Å²) in [5.41, 5.74) is 1.02. The molecule has 1 heterocycles. The van der Waals surface area contributed by atoms with Crippen LogP contribution in [0.25, 0.3) is 0 Å². The zero-order valence-corrected chi connectivity index (χ0v) is 20.4. The van der Waals surface area contributed by atoms with Crippen molar-refractivity contribution >= 4 is 23.4 Å². The van der Waals surface area contributed by atoms with E-state index in [1.54, 1.807) is 49.1 Å². The molecule has 3 atom stereocenters. The SMILES string of the molecule is CO[C@H]1CN(C)C(=O)c2ccc(NC(=O)C3CCCC3)cc2OC[C@H](C)N(C(C)=O)C[C@@H]1C. The van der Waals surface area contributed by atoms with Crippen LogP contribution in [0.5, 0.6) is 5.75 Å². The van der Waals surface area contributed by atoms with E-state index in [-0.39, 0.29) is 48.3 Å². The Bertz CT molecular complexity index is 868. The average Bonchev–Trinajstić information content (AvgIpc) is 3.33. The fourth-order valence-electron chi connectivity index (χ4n) is 4.72. The number of hydrogen-bond acceptors (Lipinski definition) is 5. The van der Waals surface area contributed by atoms with Crippen molar-refractivity contribution in [3.63, 3.8) is 0 Å². The lowest BCUT2D eigenvalue weighted by Crippen LogP contribution is -2.48. The largest absolute Gasteiger partial charge is 0.491 e. The number of methoxy groups -OCH3 is 1. The molecule has 2 aliphatic rings. The summed E-state index contributed by atoms with van der Waals surface area (Å²) >= 11 is 0. The highest BCUT2D eigenvalue weighted by Crippen LogP contribution is 2.29. The number of fused-ring (bicyclic) bond motifs is 1. The van der Waals surface area contributed by atoms with Crippen LogP contribution < -0.4 is 10.1 Å². The summed E-state index contributed by atoms with van der Waals surface area (Å²) in [5, 5.41) is 2.98. The van der Waals surface area contributed by atoms with Crippen molar-refractivity contribution in [2.75, 3.05) is 39.2 Å². The van der Waals surface area contributed by atoms with Crippen LogP contribution in [0.15, 0.2) is 18.2 Å². The molecule has 33 heavy (non-hydrogen) atoms. The minimum Gasteiger partial charge on any atom is -0.491 e. The molecule has 0 saturated heterocycles. The number of nitrogens with one attached hydrogen (secondary N) is 1. The van der Waals surface area contributed by atoms with Crippen LogP contribution in [0.1, 0.15) is 56.8 Å². The minimum atomic E-state index is -0.221. The molecule has 8 heteroatoms. The van der Waals surface area contributed by atoms with Crippen molar-refractivity contribution in [3.05, 3.63) is 23.8 Å². The molecule has 1 aliphatic carbocycles. The first kappa shape index (κ1) is 25.0. The fourth-order valence-corrected chi connectivity index (χ4v) is 4.72. The van der Waals surface area contributed by atoms with Gasteiger partial charge in [-0.2, -0.15) is 0 Å². The third kappa shape index (κ3) is 6.05. The lowest BCUT2D eigenvalue weighted by Gasteiger charge is -2.35. The van der Waals surface area contributed by atoms with Crippen molar-refractivity contribution in [1.82, 2.24) is 9.80 Å². The molecule has 182 valence electrons. The number of nitrogens with zero attached hydrogens (tertiary/aromatic N) is 2. The van der Waals surface area contributed by atoms with E-state index in [9.17, 15) is 14.4 Å². The van der Waals surface area contributed by atoms with Gasteiger partial charge in [0.2, 0.25) is 11.8 Å². The van der Waals surface area contributed by atoms with Crippen LogP contribution in [0.4, 0.5) is 5.69 Å². The Morgan fingerprint density at radius 1 is 1.15 bits per heavy atom. The van der Waals surface area contributed by atoms with Gasteiger partial charge in [0.25, 0.3) is 5.91 Å². The van der Waals surface area contributed by atoms with Gasteiger partial charge < -0.3 is 24.6 Å². The second kappa shape index (κ2) is 11.0. The van der Waals surface area contributed by atoms with Crippen molar-refractivity contribution in [3.8, 4) is 5.75 Å². The van der Waals surface area contributed by atoms with Crippen LogP contribution >= 0.6 is 0 Å². The predicted octanol–water partition coefficient (Wildman–Crippen LogP) is 3.17. The number of carbonyl (C=O) groups is 3. The molecule has 1 saturated carbocycles. The van der Waals surface area contributed by atoms with Gasteiger partial charge in [0, 0.05) is 57.8 Å². The smallest absolute Gasteiger partial charge is 0.257 e. The standard InChI is InChI=1S/C25H37N3O5/c1-16-13-28(18(3)29)17(2)15-33-22-12-20(26-24(30)19-8-6-7-9-19)10-11-21(22)25(31)27(4)14-23(16)32-5/h10-12,16-17,19,23H,6-9,13-15H2,1-5H3,(H,26,30)/t16-,17-,23-/m0/s1. The van der Waals surface area contributed by atoms with Crippen LogP contribution in [0.3, 0.4) is 0 Å². The number of hydrogen-bond donors (Lipinski definition) is 1. The predicted molar refractivity (Wildman–Crippen MR) is 126 cm³/mol. The van der Waals surface area contributed by atoms with E-state index in [1.807, 2.05) is 13.8 Å². The fraction of sp³-hybridized carbons (Fsp3) is 0.640. The van der Waals surface area contributed by atoms with E-state index in [0.29, 0.717) is 30.1 Å². The highest BCUT2D eigenvalue weighted by molar-refractivity contribution is 5.98. The van der Waals surface area contributed by atoms with Crippen LogP contribution in [0, 0.1) is 11.8 Å². The van der Waals surface area contributed by atoms with E-state index < -0.39 is 0 Å². The topological polar surface area (TPSA) is 88.2 Å². The van der Waals surface area contributed by atoms with Gasteiger partial charge in [-0.05, 0) is 31.9 Å². The number of anilines is 1. The summed E-state index contributed by atoms with van der Waals surface area (Å²) in [6.07, 6.45) is 3.76. The van der Waals surface area contributed by atoms with Gasteiger partial charge in [-0.15, -0.1) is 0 Å². The molecule has 3 amide bonds. The number of likely N-dealkylation sites (N-methyl/N-ethyl adjacent to an activating group) is 1. The van der Waals surface area contributed by atoms with Gasteiger partial charge in [0.1, 0.15) is 12.4 Å². The van der Waals surface area contributed by atoms with Gasteiger partial charge in [0.15, 0.2) is 0 Å². The average molecular weight is 460 g/mol. The first-order chi connectivity index (χ1) is 15.7. The summed E-state index contributed by atoms with van der Waals surface area (Å²) in [7, 11) is 3.36. The Kier molecular flexibility index (Phi) is 8.35. The maximum absolute atomic E-state index is 13.3. The number of ether oxygens (including phenoxy) is 2. The van der Waals surface area contributed by atoms with E-state index >= 15 is 0 Å². The molecule has 0 aromatic heterocycles. The monoisotopic (exact) mass is 459 g/mol. The number of amides is 3. The third-order valence-corrected chi connectivity index (χ3v) is 6.84. The van der Waals surface area contributed by atoms with Gasteiger partial charge in [-0.1, -0.05) is 19.8 Å². The first-order valence-electron chi connectivity index (χ1n) is 11.8. The van der Waals surface area contributed by atoms with Gasteiger partial charge in [0.05, 0.1) is 17.7 Å². The highest BCUT2D eigenvalue weighted by Gasteiger charge is 2.29. The minimum absolute atomic E-state index is 0.0112. The number of benzene rings is 1. The molecule has 0 unspecified atom stereocenters. The molecule has 1 fully saturated rings. The van der Waals surface area contributed by atoms with E-state index in [1.165, 1.54) is 0 Å². The zero-order chi connectivity index (χ0) is 24.1. The Morgan fingerprint density at radius 2 is 1.85 bits per heavy atom. The maximum atomic E-state index is 13.3. The molecule has 1 aromatic rings. The van der Waals surface area contributed by atoms with E-state index in [4.69, 9.17) is 9.47 Å². The van der Waals surface area contributed by atoms with Crippen molar-refractivity contribution in [2.24, 2.45) is 11.8 Å². The third-order valence-electron chi connectivity index (χ3n) is 6.84. The summed E-state index contributed by atoms with van der Waals surface area (Å²) in [4.78, 5) is 41.6. The molecule has 8 nitrogen and oxygen atoms in total. The van der Waals surface area contributed by atoms with Crippen molar-refractivity contribution in [2.45, 2.75) is 58.6 Å². The van der Waals surface area contributed by atoms with Crippen LogP contribution in [0.2, 0.25) is 0 Å². The Balaban J connectivity index is 1.90. The molecule has 0 bridgehead atoms. The van der Waals surface area contributed by atoms with Gasteiger partial charge in [-0.25, -0.2) is 0 Å². The van der Waals surface area contributed by atoms with Gasteiger partial charge >= 0.3 is 0 Å². The zero-order valence-electron chi connectivity index (χ0n) is 20.4. The molecule has 1 N–H and O–H groups in total. The molecular formula is C25H37N3O5. The molecular weight excluding hydrogens is 422 g/mol. The van der Waals surface area contributed by atoms with E-state index in [2.05, 4.69) is 5.32 Å². The van der Waals surface area contributed by atoms with Gasteiger partial charge in [-0.3, -0.25) is 14.4 Å². The number of rotatable bonds is 3. The molecule has 1 aromatic carbocycles. The Labute approximate surface area is 196 Å². The van der Waals surface area contributed by atoms with Crippen molar-refractivity contribution < 1.29 is 23.9 Å². The summed E-state index contributed by atoms with van der Waals surface area (Å²) in [5.74, 6) is 0.267. The first-order valence-corrected chi connectivity index (χ1v) is 11.8. The van der Waals surface area contributed by atoms with Crippen LogP contribution in [-0.4, -0.2) is 73.5 Å². The second-order valence-corrected chi connectivity index (χ2v) is 9.45. The molecule has 0 radical (unpaired) electrons. The van der Waals surface area contributed by atoms with Crippen molar-refractivity contribution in [1.29, 1.82) is 0 Å². The maximum Gasteiger partial charge on any atom is 0.257 e. The summed E-state index contributed by atoms with van der Waals surface area (Å²) in [6, 6.07) is 4.96. The molecule has 0 spiro atoms. The molecule has 1 aliphatic heterocycles. The lowest BCUT2D eigenvalue weighted by molar-refractivity contribution is -0.133. The summed E-state index contributed by atoms with van der Waals surface area (Å²) in [6.45, 7) is 6.63. The normalized spacial score (nSPS) is 25.0. The quantitative estimate of drug-likeness (QED) is 0.750. The Hall–Kier alpha value is -2.61. The second-order valence-electron chi connectivity index (χ2n) is 9.45. The highest BCUT2D eigenvalue weighted by atomic mass is 16.5. The van der Waals surface area contributed by atoms with Crippen LogP contribution in [-0.2, 0) is 14.3 Å². The Morgan fingerprint density at radius 3 is 2.48 bits per heavy atom.